The summed E-state index contributed by atoms with van der Waals surface area (Å²) in [4.78, 5) is 19.8. The number of carbonyl (C=O) groups is 1. The number of nitrogens with zero attached hydrogens (tertiary/aromatic N) is 2. The maximum absolute atomic E-state index is 12.1. The highest BCUT2D eigenvalue weighted by molar-refractivity contribution is 5.99. The number of Topliss-reactive ketones (excluding diaryl/α,β-unsaturated/α-hetero) is 1. The minimum Gasteiger partial charge on any atom is -0.485 e. The molecule has 3 rings (SSSR count). The van der Waals surface area contributed by atoms with E-state index < -0.39 is 6.10 Å². The van der Waals surface area contributed by atoms with Crippen LogP contribution in [0, 0.1) is 0 Å². The molecule has 5 heteroatoms. The zero-order valence-corrected chi connectivity index (χ0v) is 9.45. The Morgan fingerprint density at radius 1 is 1.17 bits per heavy atom. The van der Waals surface area contributed by atoms with Crippen molar-refractivity contribution in [2.24, 2.45) is 0 Å². The van der Waals surface area contributed by atoms with Gasteiger partial charge in [-0.05, 0) is 12.1 Å². The van der Waals surface area contributed by atoms with Gasteiger partial charge in [0.05, 0.1) is 5.56 Å². The third-order valence-electron chi connectivity index (χ3n) is 2.65. The van der Waals surface area contributed by atoms with Crippen molar-refractivity contribution < 1.29 is 14.3 Å². The van der Waals surface area contributed by atoms with Crippen molar-refractivity contribution in [2.75, 3.05) is 6.61 Å². The molecule has 0 aliphatic carbocycles. The first kappa shape index (κ1) is 10.7. The molecule has 0 radical (unpaired) electrons. The zero-order chi connectivity index (χ0) is 12.4. The number of aromatic nitrogens is 2. The fourth-order valence-electron chi connectivity index (χ4n) is 1.76. The Labute approximate surface area is 103 Å². The van der Waals surface area contributed by atoms with Gasteiger partial charge in [0.2, 0.25) is 5.78 Å². The molecule has 90 valence electrons. The molecule has 1 unspecified atom stereocenters. The van der Waals surface area contributed by atoms with Gasteiger partial charge in [-0.15, -0.1) is 0 Å². The van der Waals surface area contributed by atoms with E-state index >= 15 is 0 Å². The van der Waals surface area contributed by atoms with Crippen molar-refractivity contribution in [3.05, 3.63) is 48.5 Å². The van der Waals surface area contributed by atoms with E-state index in [4.69, 9.17) is 9.47 Å². The molecule has 1 aromatic heterocycles. The highest BCUT2D eigenvalue weighted by Gasteiger charge is 2.28. The lowest BCUT2D eigenvalue weighted by molar-refractivity contribution is 0.0585. The third-order valence-corrected chi connectivity index (χ3v) is 2.65. The molecule has 5 nitrogen and oxygen atoms in total. The van der Waals surface area contributed by atoms with E-state index in [9.17, 15) is 4.79 Å². The molecule has 0 bridgehead atoms. The second kappa shape index (κ2) is 4.44. The zero-order valence-electron chi connectivity index (χ0n) is 9.45. The van der Waals surface area contributed by atoms with Gasteiger partial charge in [0.25, 0.3) is 0 Å². The highest BCUT2D eigenvalue weighted by atomic mass is 16.6. The molecule has 0 N–H and O–H groups in total. The summed E-state index contributed by atoms with van der Waals surface area (Å²) in [6, 6.07) is 7.27. The predicted molar refractivity (Wildman–Crippen MR) is 62.7 cm³/mol. The molecule has 0 saturated carbocycles. The molecule has 1 aromatic carbocycles. The quantitative estimate of drug-likeness (QED) is 0.747. The summed E-state index contributed by atoms with van der Waals surface area (Å²) >= 11 is 0. The lowest BCUT2D eigenvalue weighted by atomic mass is 10.1. The van der Waals surface area contributed by atoms with Gasteiger partial charge in [-0.1, -0.05) is 12.1 Å². The van der Waals surface area contributed by atoms with Crippen molar-refractivity contribution in [3.8, 4) is 11.5 Å². The van der Waals surface area contributed by atoms with Crippen LogP contribution in [-0.4, -0.2) is 28.5 Å². The van der Waals surface area contributed by atoms with Gasteiger partial charge >= 0.3 is 0 Å². The van der Waals surface area contributed by atoms with E-state index in [1.54, 1.807) is 6.07 Å². The van der Waals surface area contributed by atoms with Gasteiger partial charge in [-0.25, -0.2) is 9.97 Å². The number of rotatable bonds is 2. The highest BCUT2D eigenvalue weighted by Crippen LogP contribution is 2.31. The van der Waals surface area contributed by atoms with Crippen LogP contribution in [0.15, 0.2) is 43.0 Å². The summed E-state index contributed by atoms with van der Waals surface area (Å²) < 4.78 is 11.1. The van der Waals surface area contributed by atoms with Crippen LogP contribution in [0.2, 0.25) is 0 Å². The summed E-state index contributed by atoms with van der Waals surface area (Å²) in [5.41, 5.74) is 0.422. The van der Waals surface area contributed by atoms with Crippen LogP contribution in [0.4, 0.5) is 0 Å². The Hall–Kier alpha value is -2.43. The number of hydrogen-bond donors (Lipinski definition) is 0. The number of ketones is 1. The molecular formula is C13H10N2O3. The number of ether oxygens (including phenoxy) is 2. The molecule has 0 spiro atoms. The molecule has 0 amide bonds. The van der Waals surface area contributed by atoms with E-state index in [0.29, 0.717) is 17.1 Å². The largest absolute Gasteiger partial charge is 0.485 e. The fraction of sp³-hybridized carbons (Fsp3) is 0.154. The van der Waals surface area contributed by atoms with Crippen LogP contribution in [0.3, 0.4) is 0 Å². The maximum Gasteiger partial charge on any atom is 0.209 e. The minimum absolute atomic E-state index is 0.176. The summed E-state index contributed by atoms with van der Waals surface area (Å²) in [5.74, 6) is 1.06. The van der Waals surface area contributed by atoms with Gasteiger partial charge in [0.15, 0.2) is 17.6 Å². The Morgan fingerprint density at radius 3 is 2.67 bits per heavy atom. The van der Waals surface area contributed by atoms with E-state index in [1.165, 1.54) is 18.7 Å². The molecule has 1 aliphatic rings. The molecule has 0 fully saturated rings. The van der Waals surface area contributed by atoms with Gasteiger partial charge < -0.3 is 9.47 Å². The summed E-state index contributed by atoms with van der Waals surface area (Å²) in [7, 11) is 0. The lowest BCUT2D eigenvalue weighted by Crippen LogP contribution is -2.36. The van der Waals surface area contributed by atoms with Gasteiger partial charge in [0.1, 0.15) is 12.9 Å². The molecule has 1 aliphatic heterocycles. The first-order valence-electron chi connectivity index (χ1n) is 5.52. The Bertz CT molecular complexity index is 571. The normalized spacial score (nSPS) is 17.2. The van der Waals surface area contributed by atoms with Gasteiger partial charge in [-0.3, -0.25) is 4.79 Å². The van der Waals surface area contributed by atoms with Crippen molar-refractivity contribution in [1.29, 1.82) is 0 Å². The molecule has 0 saturated heterocycles. The average molecular weight is 242 g/mol. The van der Waals surface area contributed by atoms with Crippen LogP contribution >= 0.6 is 0 Å². The Kier molecular flexibility index (Phi) is 2.64. The van der Waals surface area contributed by atoms with Crippen LogP contribution in [-0.2, 0) is 0 Å². The van der Waals surface area contributed by atoms with Gasteiger partial charge in [-0.2, -0.15) is 0 Å². The fourth-order valence-corrected chi connectivity index (χ4v) is 1.76. The summed E-state index contributed by atoms with van der Waals surface area (Å²) in [6.45, 7) is 0.199. The number of fused-ring (bicyclic) bond motifs is 1. The molecule has 2 aromatic rings. The Morgan fingerprint density at radius 2 is 1.89 bits per heavy atom. The summed E-state index contributed by atoms with van der Waals surface area (Å²) in [5, 5.41) is 0. The first-order valence-corrected chi connectivity index (χ1v) is 5.52. The smallest absolute Gasteiger partial charge is 0.209 e. The lowest BCUT2D eigenvalue weighted by Gasteiger charge is -2.25. The van der Waals surface area contributed by atoms with Crippen LogP contribution < -0.4 is 9.47 Å². The summed E-state index contributed by atoms with van der Waals surface area (Å²) in [6.07, 6.45) is 3.67. The monoisotopic (exact) mass is 242 g/mol. The van der Waals surface area contributed by atoms with Crippen LogP contribution in [0.5, 0.6) is 11.5 Å². The van der Waals surface area contributed by atoms with Gasteiger partial charge in [0, 0.05) is 12.4 Å². The third kappa shape index (κ3) is 1.90. The topological polar surface area (TPSA) is 61.3 Å². The standard InChI is InChI=1S/C13H10N2O3/c16-13(9-5-14-8-15-6-9)12-7-17-10-3-1-2-4-11(10)18-12/h1-6,8,12H,7H2. The molecule has 18 heavy (non-hydrogen) atoms. The maximum atomic E-state index is 12.1. The SMILES string of the molecule is O=C(c1cncnc1)C1COc2ccccc2O1. The second-order valence-electron chi connectivity index (χ2n) is 3.86. The van der Waals surface area contributed by atoms with E-state index in [1.807, 2.05) is 18.2 Å². The van der Waals surface area contributed by atoms with Crippen LogP contribution in [0.1, 0.15) is 10.4 Å². The van der Waals surface area contributed by atoms with E-state index in [-0.39, 0.29) is 12.4 Å². The first-order chi connectivity index (χ1) is 8.84. The minimum atomic E-state index is -0.647. The average Bonchev–Trinajstić information content (AvgIpc) is 2.47. The Balaban J connectivity index is 1.82. The van der Waals surface area contributed by atoms with Crippen molar-refractivity contribution in [2.45, 2.75) is 6.10 Å². The predicted octanol–water partition coefficient (Wildman–Crippen LogP) is 1.50. The number of benzene rings is 1. The van der Waals surface area contributed by atoms with E-state index in [0.717, 1.165) is 0 Å². The molecular weight excluding hydrogens is 232 g/mol. The second-order valence-corrected chi connectivity index (χ2v) is 3.86. The van der Waals surface area contributed by atoms with Crippen molar-refractivity contribution >= 4 is 5.78 Å². The molecule has 2 heterocycles. The number of hydrogen-bond acceptors (Lipinski definition) is 5. The van der Waals surface area contributed by atoms with Crippen molar-refractivity contribution in [1.82, 2.24) is 9.97 Å². The molecule has 1 atom stereocenters. The number of para-hydroxylation sites is 2. The number of carbonyl (C=O) groups excluding carboxylic acids is 1. The van der Waals surface area contributed by atoms with E-state index in [2.05, 4.69) is 9.97 Å². The van der Waals surface area contributed by atoms with Crippen LogP contribution in [0.25, 0.3) is 0 Å². The van der Waals surface area contributed by atoms with Crippen molar-refractivity contribution in [3.63, 3.8) is 0 Å².